The lowest BCUT2D eigenvalue weighted by molar-refractivity contribution is 0.529. The van der Waals surface area contributed by atoms with Gasteiger partial charge in [0.05, 0.1) is 0 Å². The van der Waals surface area contributed by atoms with Gasteiger partial charge in [0.1, 0.15) is 17.4 Å². The van der Waals surface area contributed by atoms with Crippen molar-refractivity contribution in [1.82, 2.24) is 5.32 Å². The van der Waals surface area contributed by atoms with E-state index in [1.807, 2.05) is 38.1 Å². The Kier molecular flexibility index (Phi) is 5.24. The quantitative estimate of drug-likeness (QED) is 0.867. The Morgan fingerprint density at radius 2 is 1.92 bits per heavy atom. The Hall–Kier alpha value is -2.53. The Bertz CT molecular complexity index is 813. The van der Waals surface area contributed by atoms with Crippen LogP contribution in [0.5, 0.6) is 5.75 Å². The average molecular weight is 342 g/mol. The molecule has 2 aromatic carbocycles. The van der Waals surface area contributed by atoms with Crippen molar-refractivity contribution in [1.29, 1.82) is 0 Å². The van der Waals surface area contributed by atoms with Crippen LogP contribution >= 0.6 is 0 Å². The molecule has 5 heteroatoms. The number of nitrogens with one attached hydrogen (secondary N) is 1. The molecule has 0 fully saturated rings. The summed E-state index contributed by atoms with van der Waals surface area (Å²) in [5.41, 5.74) is 2.52. The van der Waals surface area contributed by atoms with Crippen molar-refractivity contribution < 1.29 is 13.5 Å². The van der Waals surface area contributed by atoms with Gasteiger partial charge in [-0.15, -0.1) is 0 Å². The van der Waals surface area contributed by atoms with E-state index in [0.717, 1.165) is 23.5 Å². The minimum atomic E-state index is -0.442. The molecule has 1 aliphatic rings. The second-order valence-corrected chi connectivity index (χ2v) is 6.16. The molecule has 0 bridgehead atoms. The molecule has 1 unspecified atom stereocenters. The molecule has 25 heavy (non-hydrogen) atoms. The van der Waals surface area contributed by atoms with Crippen LogP contribution in [0, 0.1) is 18.6 Å². The minimum absolute atomic E-state index is 0.0227. The number of rotatable bonds is 5. The smallest absolute Gasteiger partial charge is 0.198 e. The first-order valence-corrected chi connectivity index (χ1v) is 8.19. The maximum Gasteiger partial charge on any atom is 0.198 e. The van der Waals surface area contributed by atoms with Crippen molar-refractivity contribution >= 4 is 5.90 Å². The third-order valence-corrected chi connectivity index (χ3v) is 4.15. The highest BCUT2D eigenvalue weighted by Gasteiger charge is 2.18. The molecule has 3 rings (SSSR count). The molecule has 0 radical (unpaired) electrons. The summed E-state index contributed by atoms with van der Waals surface area (Å²) in [7, 11) is 0. The Morgan fingerprint density at radius 3 is 2.68 bits per heavy atom. The first-order valence-electron chi connectivity index (χ1n) is 8.19. The number of aryl methyl sites for hydroxylation is 1. The second-order valence-electron chi connectivity index (χ2n) is 6.16. The Morgan fingerprint density at radius 1 is 1.16 bits per heavy atom. The maximum absolute atomic E-state index is 13.7. The Balaban J connectivity index is 1.52. The monoisotopic (exact) mass is 342 g/mol. The van der Waals surface area contributed by atoms with E-state index in [4.69, 9.17) is 4.74 Å². The number of aliphatic imine (C=N–C) groups is 1. The van der Waals surface area contributed by atoms with Gasteiger partial charge in [0.25, 0.3) is 0 Å². The summed E-state index contributed by atoms with van der Waals surface area (Å²) in [4.78, 5) is 4.30. The molecule has 130 valence electrons. The lowest BCUT2D eigenvalue weighted by Crippen LogP contribution is -2.28. The number of halogens is 2. The fourth-order valence-corrected chi connectivity index (χ4v) is 2.56. The van der Waals surface area contributed by atoms with E-state index in [-0.39, 0.29) is 12.6 Å². The van der Waals surface area contributed by atoms with Crippen molar-refractivity contribution in [2.24, 2.45) is 4.99 Å². The topological polar surface area (TPSA) is 33.6 Å². The van der Waals surface area contributed by atoms with Crippen molar-refractivity contribution in [2.75, 3.05) is 0 Å². The van der Waals surface area contributed by atoms with Gasteiger partial charge in [0.15, 0.2) is 5.90 Å². The summed E-state index contributed by atoms with van der Waals surface area (Å²) in [6, 6.07) is 11.2. The van der Waals surface area contributed by atoms with E-state index in [1.54, 1.807) is 6.20 Å². The minimum Gasteiger partial charge on any atom is -0.443 e. The molecule has 1 aliphatic heterocycles. The molecule has 0 aliphatic carbocycles. The highest BCUT2D eigenvalue weighted by molar-refractivity contribution is 5.84. The highest BCUT2D eigenvalue weighted by atomic mass is 19.1. The number of benzene rings is 2. The molecule has 3 nitrogen and oxygen atoms in total. The van der Waals surface area contributed by atoms with E-state index < -0.39 is 11.6 Å². The predicted molar refractivity (Wildman–Crippen MR) is 94.6 cm³/mol. The van der Waals surface area contributed by atoms with Gasteiger partial charge in [0.2, 0.25) is 0 Å². The zero-order valence-corrected chi connectivity index (χ0v) is 14.2. The van der Waals surface area contributed by atoms with E-state index in [2.05, 4.69) is 10.3 Å². The molecule has 0 amide bonds. The van der Waals surface area contributed by atoms with Crippen LogP contribution in [0.3, 0.4) is 0 Å². The zero-order valence-electron chi connectivity index (χ0n) is 14.2. The van der Waals surface area contributed by atoms with Crippen LogP contribution in [0.1, 0.15) is 24.5 Å². The first kappa shape index (κ1) is 17.3. The summed E-state index contributed by atoms with van der Waals surface area (Å²) in [6.45, 7) is 4.23. The van der Waals surface area contributed by atoms with Gasteiger partial charge in [-0.2, -0.15) is 0 Å². The summed E-state index contributed by atoms with van der Waals surface area (Å²) in [5, 5.41) is 3.20. The van der Waals surface area contributed by atoms with Crippen molar-refractivity contribution in [2.45, 2.75) is 32.9 Å². The van der Waals surface area contributed by atoms with Crippen molar-refractivity contribution in [3.05, 3.63) is 77.0 Å². The van der Waals surface area contributed by atoms with Crippen LogP contribution in [0.15, 0.2) is 59.2 Å². The maximum atomic E-state index is 13.7. The standard InChI is InChI=1S/C20H20F2N2O/c1-13-3-6-18(7-4-13)25-20-10-15(11-24-20)14(2)23-12-16-9-17(21)5-8-19(16)22/h3-9,11,14,23H,10,12H2,1-2H3. The molecule has 1 N–H and O–H groups in total. The van der Waals surface area contributed by atoms with Crippen LogP contribution in [0.25, 0.3) is 0 Å². The molecule has 1 heterocycles. The van der Waals surface area contributed by atoms with E-state index in [0.29, 0.717) is 17.9 Å². The SMILES string of the molecule is Cc1ccc(OC2=NC=C(C(C)NCc3cc(F)ccc3F)C2)cc1. The summed E-state index contributed by atoms with van der Waals surface area (Å²) >= 11 is 0. The van der Waals surface area contributed by atoms with Gasteiger partial charge < -0.3 is 10.1 Å². The molecule has 0 saturated carbocycles. The third-order valence-electron chi connectivity index (χ3n) is 4.15. The second kappa shape index (κ2) is 7.57. The lowest BCUT2D eigenvalue weighted by Gasteiger charge is -2.15. The Labute approximate surface area is 146 Å². The summed E-state index contributed by atoms with van der Waals surface area (Å²) in [5.74, 6) is 0.523. The van der Waals surface area contributed by atoms with E-state index in [9.17, 15) is 8.78 Å². The normalized spacial score (nSPS) is 14.9. The van der Waals surface area contributed by atoms with Crippen LogP contribution in [-0.4, -0.2) is 11.9 Å². The fourth-order valence-electron chi connectivity index (χ4n) is 2.56. The number of hydrogen-bond donors (Lipinski definition) is 1. The third kappa shape index (κ3) is 4.51. The summed E-state index contributed by atoms with van der Waals surface area (Å²) < 4.78 is 32.6. The van der Waals surface area contributed by atoms with Gasteiger partial charge in [-0.05, 0) is 49.8 Å². The molecule has 2 aromatic rings. The highest BCUT2D eigenvalue weighted by Crippen LogP contribution is 2.20. The van der Waals surface area contributed by atoms with Crippen LogP contribution in [0.2, 0.25) is 0 Å². The van der Waals surface area contributed by atoms with Crippen molar-refractivity contribution in [3.8, 4) is 5.75 Å². The number of hydrogen-bond acceptors (Lipinski definition) is 3. The van der Waals surface area contributed by atoms with E-state index in [1.165, 1.54) is 11.6 Å². The van der Waals surface area contributed by atoms with Gasteiger partial charge in [0, 0.05) is 30.8 Å². The van der Waals surface area contributed by atoms with Gasteiger partial charge in [-0.25, -0.2) is 13.8 Å². The largest absolute Gasteiger partial charge is 0.443 e. The summed E-state index contributed by atoms with van der Waals surface area (Å²) in [6.07, 6.45) is 2.36. The fraction of sp³-hybridized carbons (Fsp3) is 0.250. The van der Waals surface area contributed by atoms with Gasteiger partial charge in [-0.1, -0.05) is 17.7 Å². The molecular weight excluding hydrogens is 322 g/mol. The average Bonchev–Trinajstić information content (AvgIpc) is 3.06. The van der Waals surface area contributed by atoms with Crippen LogP contribution in [-0.2, 0) is 6.54 Å². The molecular formula is C20H20F2N2O. The van der Waals surface area contributed by atoms with E-state index >= 15 is 0 Å². The number of nitrogens with zero attached hydrogens (tertiary/aromatic N) is 1. The van der Waals surface area contributed by atoms with Gasteiger partial charge >= 0.3 is 0 Å². The lowest BCUT2D eigenvalue weighted by atomic mass is 10.1. The molecule has 0 saturated heterocycles. The molecule has 0 aromatic heterocycles. The predicted octanol–water partition coefficient (Wildman–Crippen LogP) is 4.52. The van der Waals surface area contributed by atoms with Crippen LogP contribution in [0.4, 0.5) is 8.78 Å². The molecule has 1 atom stereocenters. The van der Waals surface area contributed by atoms with Crippen LogP contribution < -0.4 is 10.1 Å². The first-order chi connectivity index (χ1) is 12.0. The van der Waals surface area contributed by atoms with Gasteiger partial charge in [-0.3, -0.25) is 0 Å². The number of ether oxygens (including phenoxy) is 1. The molecule has 0 spiro atoms. The van der Waals surface area contributed by atoms with Crippen molar-refractivity contribution in [3.63, 3.8) is 0 Å². The zero-order chi connectivity index (χ0) is 17.8.